The first-order chi connectivity index (χ1) is 13.9. The van der Waals surface area contributed by atoms with Gasteiger partial charge in [0.25, 0.3) is 5.91 Å². The molecule has 7 heteroatoms. The second-order valence-corrected chi connectivity index (χ2v) is 7.51. The SMILES string of the molecule is COc1ccc2cc(C(=O)OCC(=O)NC(C)c3ccc(Br)cc3)c(C)nc2c1. The Labute approximate surface area is 177 Å². The van der Waals surface area contributed by atoms with E-state index in [0.717, 1.165) is 20.9 Å². The highest BCUT2D eigenvalue weighted by Gasteiger charge is 2.16. The van der Waals surface area contributed by atoms with E-state index >= 15 is 0 Å². The van der Waals surface area contributed by atoms with Crippen LogP contribution in [-0.4, -0.2) is 30.6 Å². The maximum atomic E-state index is 12.5. The van der Waals surface area contributed by atoms with Gasteiger partial charge in [0.15, 0.2) is 6.61 Å². The Hall–Kier alpha value is -2.93. The number of ether oxygens (including phenoxy) is 2. The number of esters is 1. The van der Waals surface area contributed by atoms with Crippen molar-refractivity contribution in [1.82, 2.24) is 10.3 Å². The Morgan fingerprint density at radius 1 is 1.14 bits per heavy atom. The third-order valence-electron chi connectivity index (χ3n) is 4.52. The molecule has 0 saturated carbocycles. The number of benzene rings is 2. The lowest BCUT2D eigenvalue weighted by atomic mass is 10.1. The lowest BCUT2D eigenvalue weighted by Crippen LogP contribution is -2.31. The number of carbonyl (C=O) groups excluding carboxylic acids is 2. The second-order valence-electron chi connectivity index (χ2n) is 6.60. The van der Waals surface area contributed by atoms with Gasteiger partial charge in [0.2, 0.25) is 0 Å². The van der Waals surface area contributed by atoms with Gasteiger partial charge in [0, 0.05) is 15.9 Å². The maximum Gasteiger partial charge on any atom is 0.340 e. The molecule has 3 rings (SSSR count). The van der Waals surface area contributed by atoms with Crippen molar-refractivity contribution in [3.8, 4) is 5.75 Å². The van der Waals surface area contributed by atoms with Crippen molar-refractivity contribution < 1.29 is 19.1 Å². The average Bonchev–Trinajstić information content (AvgIpc) is 2.71. The van der Waals surface area contributed by atoms with E-state index < -0.39 is 5.97 Å². The van der Waals surface area contributed by atoms with Gasteiger partial charge < -0.3 is 14.8 Å². The Bertz CT molecular complexity index is 1050. The summed E-state index contributed by atoms with van der Waals surface area (Å²) in [6.07, 6.45) is 0. The normalized spacial score (nSPS) is 11.7. The van der Waals surface area contributed by atoms with Crippen LogP contribution in [0.1, 0.15) is 34.6 Å². The zero-order chi connectivity index (χ0) is 21.0. The number of aromatic nitrogens is 1. The van der Waals surface area contributed by atoms with E-state index in [2.05, 4.69) is 26.2 Å². The van der Waals surface area contributed by atoms with Crippen molar-refractivity contribution in [2.24, 2.45) is 0 Å². The molecule has 29 heavy (non-hydrogen) atoms. The van der Waals surface area contributed by atoms with Crippen molar-refractivity contribution in [1.29, 1.82) is 0 Å². The number of rotatable bonds is 6. The molecule has 1 amide bonds. The fraction of sp³-hybridized carbons (Fsp3) is 0.227. The number of aryl methyl sites for hydroxylation is 1. The molecule has 1 N–H and O–H groups in total. The maximum absolute atomic E-state index is 12.5. The Balaban J connectivity index is 1.63. The Kier molecular flexibility index (Phi) is 6.49. The van der Waals surface area contributed by atoms with Crippen LogP contribution in [0.2, 0.25) is 0 Å². The van der Waals surface area contributed by atoms with Crippen LogP contribution < -0.4 is 10.1 Å². The summed E-state index contributed by atoms with van der Waals surface area (Å²) in [6, 6.07) is 14.6. The first kappa shape index (κ1) is 20.8. The fourth-order valence-electron chi connectivity index (χ4n) is 2.90. The number of nitrogens with one attached hydrogen (secondary N) is 1. The zero-order valence-electron chi connectivity index (χ0n) is 16.4. The molecule has 150 valence electrons. The van der Waals surface area contributed by atoms with Gasteiger partial charge in [-0.25, -0.2) is 4.79 Å². The number of nitrogens with zero attached hydrogens (tertiary/aromatic N) is 1. The van der Waals surface area contributed by atoms with E-state index in [-0.39, 0.29) is 18.6 Å². The van der Waals surface area contributed by atoms with Gasteiger partial charge in [0.05, 0.1) is 29.9 Å². The number of fused-ring (bicyclic) bond motifs is 1. The zero-order valence-corrected chi connectivity index (χ0v) is 17.9. The van der Waals surface area contributed by atoms with E-state index in [1.807, 2.05) is 37.3 Å². The highest BCUT2D eigenvalue weighted by molar-refractivity contribution is 9.10. The van der Waals surface area contributed by atoms with Crippen LogP contribution in [0.15, 0.2) is 53.0 Å². The minimum absolute atomic E-state index is 0.201. The lowest BCUT2D eigenvalue weighted by molar-refractivity contribution is -0.124. The largest absolute Gasteiger partial charge is 0.497 e. The molecule has 1 aromatic heterocycles. The van der Waals surface area contributed by atoms with Gasteiger partial charge in [-0.05, 0) is 49.7 Å². The average molecular weight is 457 g/mol. The third-order valence-corrected chi connectivity index (χ3v) is 5.05. The summed E-state index contributed by atoms with van der Waals surface area (Å²) in [5.41, 5.74) is 2.54. The van der Waals surface area contributed by atoms with Gasteiger partial charge in [-0.2, -0.15) is 0 Å². The van der Waals surface area contributed by atoms with Crippen LogP contribution in [0.5, 0.6) is 5.75 Å². The second kappa shape index (κ2) is 9.05. The summed E-state index contributed by atoms with van der Waals surface area (Å²) in [5.74, 6) is -0.264. The molecule has 0 aliphatic rings. The van der Waals surface area contributed by atoms with E-state index in [9.17, 15) is 9.59 Å². The predicted octanol–water partition coefficient (Wildman–Crippen LogP) is 4.35. The van der Waals surface area contributed by atoms with Crippen LogP contribution >= 0.6 is 15.9 Å². The number of pyridine rings is 1. The number of hydrogen-bond acceptors (Lipinski definition) is 5. The number of amides is 1. The number of methoxy groups -OCH3 is 1. The van der Waals surface area contributed by atoms with Crippen LogP contribution in [0, 0.1) is 6.92 Å². The molecule has 0 saturated heterocycles. The lowest BCUT2D eigenvalue weighted by Gasteiger charge is -2.15. The van der Waals surface area contributed by atoms with Crippen molar-refractivity contribution in [2.45, 2.75) is 19.9 Å². The van der Waals surface area contributed by atoms with Crippen molar-refractivity contribution in [3.63, 3.8) is 0 Å². The van der Waals surface area contributed by atoms with E-state index in [4.69, 9.17) is 9.47 Å². The first-order valence-electron chi connectivity index (χ1n) is 9.04. The summed E-state index contributed by atoms with van der Waals surface area (Å²) in [5, 5.41) is 3.61. The molecular weight excluding hydrogens is 436 g/mol. The molecule has 0 bridgehead atoms. The minimum Gasteiger partial charge on any atom is -0.497 e. The first-order valence-corrected chi connectivity index (χ1v) is 9.84. The standard InChI is InChI=1S/C22H21BrN2O4/c1-13(15-4-7-17(23)8-5-15)25-21(26)12-29-22(27)19-10-16-6-9-18(28-3)11-20(16)24-14(19)2/h4-11,13H,12H2,1-3H3,(H,25,26). The van der Waals surface area contributed by atoms with E-state index in [0.29, 0.717) is 17.0 Å². The molecule has 2 aromatic carbocycles. The number of carbonyl (C=O) groups is 2. The molecule has 0 aliphatic carbocycles. The minimum atomic E-state index is -0.584. The molecule has 0 radical (unpaired) electrons. The molecule has 1 heterocycles. The van der Waals surface area contributed by atoms with E-state index in [1.165, 1.54) is 0 Å². The topological polar surface area (TPSA) is 77.5 Å². The van der Waals surface area contributed by atoms with Crippen LogP contribution in [-0.2, 0) is 9.53 Å². The van der Waals surface area contributed by atoms with Gasteiger partial charge >= 0.3 is 5.97 Å². The Morgan fingerprint density at radius 3 is 2.55 bits per heavy atom. The smallest absolute Gasteiger partial charge is 0.340 e. The van der Waals surface area contributed by atoms with Crippen molar-refractivity contribution in [3.05, 3.63) is 69.8 Å². The molecular formula is C22H21BrN2O4. The van der Waals surface area contributed by atoms with Gasteiger partial charge in [-0.3, -0.25) is 9.78 Å². The molecule has 3 aromatic rings. The third kappa shape index (κ3) is 5.12. The van der Waals surface area contributed by atoms with Gasteiger partial charge in [0.1, 0.15) is 5.75 Å². The highest BCUT2D eigenvalue weighted by atomic mass is 79.9. The summed E-state index contributed by atoms with van der Waals surface area (Å²) >= 11 is 3.38. The quantitative estimate of drug-likeness (QED) is 0.557. The van der Waals surface area contributed by atoms with Crippen LogP contribution in [0.25, 0.3) is 10.9 Å². The molecule has 0 aliphatic heterocycles. The van der Waals surface area contributed by atoms with Gasteiger partial charge in [-0.1, -0.05) is 28.1 Å². The van der Waals surface area contributed by atoms with Crippen LogP contribution in [0.4, 0.5) is 0 Å². The van der Waals surface area contributed by atoms with Crippen LogP contribution in [0.3, 0.4) is 0 Å². The fourth-order valence-corrected chi connectivity index (χ4v) is 3.17. The summed E-state index contributed by atoms with van der Waals surface area (Å²) < 4.78 is 11.4. The molecule has 1 atom stereocenters. The monoisotopic (exact) mass is 456 g/mol. The summed E-state index contributed by atoms with van der Waals surface area (Å²) in [6.45, 7) is 3.24. The van der Waals surface area contributed by atoms with Crippen molar-refractivity contribution in [2.75, 3.05) is 13.7 Å². The Morgan fingerprint density at radius 2 is 1.86 bits per heavy atom. The molecule has 1 unspecified atom stereocenters. The highest BCUT2D eigenvalue weighted by Crippen LogP contribution is 2.22. The summed E-state index contributed by atoms with van der Waals surface area (Å²) in [4.78, 5) is 29.1. The predicted molar refractivity (Wildman–Crippen MR) is 114 cm³/mol. The molecule has 0 spiro atoms. The molecule has 6 nitrogen and oxygen atoms in total. The summed E-state index contributed by atoms with van der Waals surface area (Å²) in [7, 11) is 1.59. The number of halogens is 1. The van der Waals surface area contributed by atoms with Crippen molar-refractivity contribution >= 4 is 38.7 Å². The van der Waals surface area contributed by atoms with E-state index in [1.54, 1.807) is 32.2 Å². The molecule has 0 fully saturated rings. The van der Waals surface area contributed by atoms with Gasteiger partial charge in [-0.15, -0.1) is 0 Å². The number of hydrogen-bond donors (Lipinski definition) is 1.